The van der Waals surface area contributed by atoms with Crippen molar-refractivity contribution in [3.05, 3.63) is 58.7 Å². The summed E-state index contributed by atoms with van der Waals surface area (Å²) in [6, 6.07) is 9.54. The van der Waals surface area contributed by atoms with E-state index in [4.69, 9.17) is 4.74 Å². The Kier molecular flexibility index (Phi) is 2.46. The third-order valence-corrected chi connectivity index (χ3v) is 3.74. The lowest BCUT2D eigenvalue weighted by Crippen LogP contribution is -1.99. The van der Waals surface area contributed by atoms with E-state index in [0.29, 0.717) is 16.7 Å². The molecule has 0 amide bonds. The van der Waals surface area contributed by atoms with E-state index in [-0.39, 0.29) is 16.7 Å². The number of hydrogen-bond acceptors (Lipinski definition) is 6. The predicted molar refractivity (Wildman–Crippen MR) is 72.0 cm³/mol. The Labute approximate surface area is 123 Å². The van der Waals surface area contributed by atoms with Crippen LogP contribution in [-0.2, 0) is 9.47 Å². The van der Waals surface area contributed by atoms with Crippen molar-refractivity contribution in [2.45, 2.75) is 6.29 Å². The van der Waals surface area contributed by atoms with E-state index in [1.54, 1.807) is 24.3 Å². The van der Waals surface area contributed by atoms with Crippen LogP contribution < -0.4 is 0 Å². The van der Waals surface area contributed by atoms with Gasteiger partial charge < -0.3 is 14.6 Å². The van der Waals surface area contributed by atoms with Gasteiger partial charge in [-0.05, 0) is 29.3 Å². The highest BCUT2D eigenvalue weighted by atomic mass is 16.6. The van der Waals surface area contributed by atoms with Gasteiger partial charge in [0, 0.05) is 5.56 Å². The molecule has 1 N–H and O–H groups in total. The summed E-state index contributed by atoms with van der Waals surface area (Å²) in [5.74, 6) is -1.98. The molecule has 6 heteroatoms. The van der Waals surface area contributed by atoms with Crippen LogP contribution in [0.3, 0.4) is 0 Å². The van der Waals surface area contributed by atoms with E-state index >= 15 is 0 Å². The molecule has 108 valence electrons. The molecule has 0 bridgehead atoms. The highest BCUT2D eigenvalue weighted by Gasteiger charge is 2.34. The Morgan fingerprint density at radius 3 is 2.45 bits per heavy atom. The number of fused-ring (bicyclic) bond motifs is 2. The van der Waals surface area contributed by atoms with Crippen molar-refractivity contribution >= 4 is 17.9 Å². The number of rotatable bonds is 1. The van der Waals surface area contributed by atoms with Gasteiger partial charge in [0.15, 0.2) is 0 Å². The third kappa shape index (κ3) is 1.61. The molecule has 0 aliphatic carbocycles. The predicted octanol–water partition coefficient (Wildman–Crippen LogP) is 1.83. The average molecular weight is 296 g/mol. The second-order valence-electron chi connectivity index (χ2n) is 4.96. The monoisotopic (exact) mass is 296 g/mol. The second-order valence-corrected chi connectivity index (χ2v) is 4.96. The van der Waals surface area contributed by atoms with Crippen molar-refractivity contribution < 1.29 is 29.0 Å². The third-order valence-electron chi connectivity index (χ3n) is 3.74. The summed E-state index contributed by atoms with van der Waals surface area (Å²) in [7, 11) is 0. The Balaban J connectivity index is 1.92. The molecule has 2 aromatic carbocycles. The zero-order chi connectivity index (χ0) is 15.4. The molecule has 0 radical (unpaired) electrons. The second kappa shape index (κ2) is 4.25. The van der Waals surface area contributed by atoms with Crippen molar-refractivity contribution in [3.63, 3.8) is 0 Å². The van der Waals surface area contributed by atoms with Gasteiger partial charge in [-0.25, -0.2) is 14.4 Å². The molecule has 2 aromatic rings. The maximum absolute atomic E-state index is 11.8. The lowest BCUT2D eigenvalue weighted by molar-refractivity contribution is -0.0547. The van der Waals surface area contributed by atoms with Crippen molar-refractivity contribution in [3.8, 4) is 11.1 Å². The first-order chi connectivity index (χ1) is 10.6. The van der Waals surface area contributed by atoms with Crippen LogP contribution in [0.5, 0.6) is 0 Å². The summed E-state index contributed by atoms with van der Waals surface area (Å²) in [5.41, 5.74) is 2.09. The molecule has 1 atom stereocenters. The number of esters is 3. The fourth-order valence-electron chi connectivity index (χ4n) is 2.72. The van der Waals surface area contributed by atoms with Crippen LogP contribution in [0.1, 0.15) is 42.9 Å². The van der Waals surface area contributed by atoms with Crippen molar-refractivity contribution in [2.24, 2.45) is 0 Å². The summed E-state index contributed by atoms with van der Waals surface area (Å²) in [6.45, 7) is 0. The van der Waals surface area contributed by atoms with Crippen LogP contribution in [0.4, 0.5) is 0 Å². The van der Waals surface area contributed by atoms with Crippen LogP contribution in [0.25, 0.3) is 11.1 Å². The van der Waals surface area contributed by atoms with Crippen molar-refractivity contribution in [1.29, 1.82) is 0 Å². The van der Waals surface area contributed by atoms with Crippen molar-refractivity contribution in [2.75, 3.05) is 0 Å². The van der Waals surface area contributed by atoms with Crippen molar-refractivity contribution in [1.82, 2.24) is 0 Å². The number of ether oxygens (including phenoxy) is 2. The maximum Gasteiger partial charge on any atom is 0.347 e. The first kappa shape index (κ1) is 12.7. The Morgan fingerprint density at radius 2 is 1.64 bits per heavy atom. The van der Waals surface area contributed by atoms with Gasteiger partial charge in [0.25, 0.3) is 0 Å². The lowest BCUT2D eigenvalue weighted by atomic mass is 9.94. The van der Waals surface area contributed by atoms with Crippen LogP contribution in [0.2, 0.25) is 0 Å². The fourth-order valence-corrected chi connectivity index (χ4v) is 2.72. The number of carbonyl (C=O) groups is 3. The highest BCUT2D eigenvalue weighted by molar-refractivity contribution is 6.18. The van der Waals surface area contributed by atoms with Gasteiger partial charge in [0.1, 0.15) is 0 Å². The van der Waals surface area contributed by atoms with E-state index < -0.39 is 24.2 Å². The molecule has 22 heavy (non-hydrogen) atoms. The standard InChI is InChI=1S/C16H8O6/c17-13-9-5-4-7(6-11(9)15(19)21-13)8-2-1-3-10-12(8)16(20)22-14(10)18/h1-6,15,19H. The van der Waals surface area contributed by atoms with E-state index in [9.17, 15) is 19.5 Å². The van der Waals surface area contributed by atoms with Gasteiger partial charge in [0.05, 0.1) is 16.7 Å². The fraction of sp³-hybridized carbons (Fsp3) is 0.0625. The molecular formula is C16H8O6. The van der Waals surface area contributed by atoms with E-state index in [2.05, 4.69) is 4.74 Å². The summed E-state index contributed by atoms with van der Waals surface area (Å²) in [6.07, 6.45) is -1.33. The zero-order valence-electron chi connectivity index (χ0n) is 11.0. The highest BCUT2D eigenvalue weighted by Crippen LogP contribution is 2.36. The Hall–Kier alpha value is -2.99. The smallest absolute Gasteiger partial charge is 0.347 e. The number of aliphatic hydroxyl groups is 1. The SMILES string of the molecule is O=C1OC(O)c2cc(-c3cccc4c3C(=O)OC4=O)ccc21. The summed E-state index contributed by atoms with van der Waals surface area (Å²) in [5, 5.41) is 9.72. The summed E-state index contributed by atoms with van der Waals surface area (Å²) < 4.78 is 9.34. The molecule has 4 rings (SSSR count). The number of hydrogen-bond donors (Lipinski definition) is 1. The van der Waals surface area contributed by atoms with Gasteiger partial charge in [-0.15, -0.1) is 0 Å². The lowest BCUT2D eigenvalue weighted by Gasteiger charge is -2.07. The summed E-state index contributed by atoms with van der Waals surface area (Å²) >= 11 is 0. The first-order valence-corrected chi connectivity index (χ1v) is 6.49. The van der Waals surface area contributed by atoms with Crippen LogP contribution in [0, 0.1) is 0 Å². The van der Waals surface area contributed by atoms with Crippen LogP contribution >= 0.6 is 0 Å². The molecule has 0 fully saturated rings. The van der Waals surface area contributed by atoms with Gasteiger partial charge in [-0.1, -0.05) is 18.2 Å². The molecule has 0 aromatic heterocycles. The number of aliphatic hydroxyl groups excluding tert-OH is 1. The molecule has 0 spiro atoms. The average Bonchev–Trinajstić information content (AvgIpc) is 2.96. The molecule has 0 saturated heterocycles. The first-order valence-electron chi connectivity index (χ1n) is 6.49. The minimum Gasteiger partial charge on any atom is -0.428 e. The normalized spacial score (nSPS) is 18.8. The van der Waals surface area contributed by atoms with E-state index in [0.717, 1.165) is 0 Å². The Bertz CT molecular complexity index is 867. The van der Waals surface area contributed by atoms with Gasteiger partial charge in [-0.3, -0.25) is 0 Å². The van der Waals surface area contributed by atoms with E-state index in [1.807, 2.05) is 0 Å². The molecule has 0 saturated carbocycles. The van der Waals surface area contributed by atoms with Gasteiger partial charge in [-0.2, -0.15) is 0 Å². The minimum atomic E-state index is -1.33. The quantitative estimate of drug-likeness (QED) is 0.637. The van der Waals surface area contributed by atoms with Gasteiger partial charge in [0.2, 0.25) is 6.29 Å². The zero-order valence-corrected chi connectivity index (χ0v) is 11.0. The number of benzene rings is 2. The topological polar surface area (TPSA) is 89.9 Å². The largest absolute Gasteiger partial charge is 0.428 e. The molecule has 1 unspecified atom stereocenters. The molecule has 2 aliphatic rings. The maximum atomic E-state index is 11.8. The van der Waals surface area contributed by atoms with Crippen LogP contribution in [0.15, 0.2) is 36.4 Å². The number of cyclic esters (lactones) is 3. The van der Waals surface area contributed by atoms with E-state index in [1.165, 1.54) is 12.1 Å². The van der Waals surface area contributed by atoms with Gasteiger partial charge >= 0.3 is 17.9 Å². The summed E-state index contributed by atoms with van der Waals surface area (Å²) in [4.78, 5) is 34.9. The molecular weight excluding hydrogens is 288 g/mol. The molecule has 6 nitrogen and oxygen atoms in total. The molecule has 2 aliphatic heterocycles. The minimum absolute atomic E-state index is 0.187. The molecule has 2 heterocycles. The number of carbonyl (C=O) groups excluding carboxylic acids is 3. The Morgan fingerprint density at radius 1 is 0.864 bits per heavy atom. The van der Waals surface area contributed by atoms with Crippen LogP contribution in [-0.4, -0.2) is 23.0 Å².